The Morgan fingerprint density at radius 2 is 2.18 bits per heavy atom. The lowest BCUT2D eigenvalue weighted by molar-refractivity contribution is 0.0809. The van der Waals surface area contributed by atoms with Gasteiger partial charge in [-0.25, -0.2) is 0 Å². The lowest BCUT2D eigenvalue weighted by atomic mass is 9.74. The number of hydrogen-bond acceptors (Lipinski definition) is 3. The van der Waals surface area contributed by atoms with Gasteiger partial charge in [0.1, 0.15) is 0 Å². The van der Waals surface area contributed by atoms with Crippen molar-refractivity contribution in [2.45, 2.75) is 38.6 Å². The van der Waals surface area contributed by atoms with Crippen LogP contribution in [0.2, 0.25) is 0 Å². The van der Waals surface area contributed by atoms with Crippen LogP contribution in [0, 0.1) is 5.41 Å². The molecule has 4 nitrogen and oxygen atoms in total. The molecule has 2 N–H and O–H groups in total. The summed E-state index contributed by atoms with van der Waals surface area (Å²) in [6.45, 7) is 2.00. The fourth-order valence-electron chi connectivity index (χ4n) is 2.71. The van der Waals surface area contributed by atoms with E-state index in [2.05, 4.69) is 10.4 Å². The highest BCUT2D eigenvalue weighted by atomic mass is 16.3. The average molecular weight is 237 g/mol. The van der Waals surface area contributed by atoms with Crippen LogP contribution in [0.25, 0.3) is 0 Å². The van der Waals surface area contributed by atoms with E-state index < -0.39 is 0 Å². The Morgan fingerprint density at radius 3 is 2.76 bits per heavy atom. The summed E-state index contributed by atoms with van der Waals surface area (Å²) in [4.78, 5) is 0. The van der Waals surface area contributed by atoms with E-state index in [4.69, 9.17) is 0 Å². The van der Waals surface area contributed by atoms with Gasteiger partial charge in [-0.2, -0.15) is 5.10 Å². The van der Waals surface area contributed by atoms with Crippen molar-refractivity contribution in [1.82, 2.24) is 15.1 Å². The monoisotopic (exact) mass is 237 g/mol. The lowest BCUT2D eigenvalue weighted by Crippen LogP contribution is -2.38. The molecule has 0 radical (unpaired) electrons. The summed E-state index contributed by atoms with van der Waals surface area (Å²) in [5.41, 5.74) is 1.18. The molecule has 0 spiro atoms. The fourth-order valence-corrected chi connectivity index (χ4v) is 2.71. The molecule has 0 amide bonds. The van der Waals surface area contributed by atoms with Crippen LogP contribution in [0.15, 0.2) is 12.3 Å². The number of aromatic nitrogens is 2. The van der Waals surface area contributed by atoms with Crippen LogP contribution in [0.1, 0.15) is 37.8 Å². The molecule has 1 aliphatic rings. The Hall–Kier alpha value is -0.870. The molecule has 1 aromatic rings. The third-order valence-corrected chi connectivity index (χ3v) is 3.82. The number of nitrogens with zero attached hydrogens (tertiary/aromatic N) is 2. The normalized spacial score (nSPS) is 19.4. The van der Waals surface area contributed by atoms with Crippen LogP contribution >= 0.6 is 0 Å². The van der Waals surface area contributed by atoms with E-state index in [1.165, 1.54) is 19.3 Å². The molecule has 0 aliphatic heterocycles. The fraction of sp³-hybridized carbons (Fsp3) is 0.769. The van der Waals surface area contributed by atoms with Gasteiger partial charge in [0.15, 0.2) is 0 Å². The summed E-state index contributed by atoms with van der Waals surface area (Å²) in [5.74, 6) is 0. The van der Waals surface area contributed by atoms with Crippen LogP contribution in [0.3, 0.4) is 0 Å². The number of hydrogen-bond donors (Lipinski definition) is 2. The number of aliphatic hydroxyl groups is 1. The number of aryl methyl sites for hydroxylation is 1. The van der Waals surface area contributed by atoms with Crippen molar-refractivity contribution < 1.29 is 5.11 Å². The molecule has 96 valence electrons. The Balaban J connectivity index is 1.79. The van der Waals surface area contributed by atoms with E-state index in [0.29, 0.717) is 6.61 Å². The van der Waals surface area contributed by atoms with E-state index in [1.54, 1.807) is 0 Å². The van der Waals surface area contributed by atoms with Gasteiger partial charge in [-0.05, 0) is 18.9 Å². The Kier molecular flexibility index (Phi) is 4.18. The third kappa shape index (κ3) is 3.30. The maximum absolute atomic E-state index is 9.58. The molecule has 1 aliphatic carbocycles. The van der Waals surface area contributed by atoms with Crippen LogP contribution in [-0.4, -0.2) is 28.0 Å². The van der Waals surface area contributed by atoms with Crippen molar-refractivity contribution >= 4 is 0 Å². The van der Waals surface area contributed by atoms with Crippen LogP contribution in [0.4, 0.5) is 0 Å². The highest BCUT2D eigenvalue weighted by Crippen LogP contribution is 2.35. The summed E-state index contributed by atoms with van der Waals surface area (Å²) in [6.07, 6.45) is 8.09. The highest BCUT2D eigenvalue weighted by Gasteiger charge is 2.30. The summed E-state index contributed by atoms with van der Waals surface area (Å²) in [5, 5.41) is 17.4. The third-order valence-electron chi connectivity index (χ3n) is 3.82. The molecule has 0 unspecified atom stereocenters. The molecule has 0 atom stereocenters. The van der Waals surface area contributed by atoms with E-state index in [0.717, 1.165) is 31.6 Å². The number of rotatable bonds is 5. The molecule has 0 bridgehead atoms. The van der Waals surface area contributed by atoms with Gasteiger partial charge in [-0.1, -0.05) is 19.3 Å². The van der Waals surface area contributed by atoms with Gasteiger partial charge in [0.25, 0.3) is 0 Å². The van der Waals surface area contributed by atoms with Gasteiger partial charge in [0.05, 0.1) is 5.69 Å². The number of nitrogens with one attached hydrogen (secondary N) is 1. The predicted molar refractivity (Wildman–Crippen MR) is 67.5 cm³/mol. The standard InChI is InChI=1S/C13H23N3O/c1-16-8-5-12(15-16)9-14-10-13(11-17)6-3-2-4-7-13/h5,8,14,17H,2-4,6-7,9-11H2,1H3. The minimum Gasteiger partial charge on any atom is -0.396 e. The minimum absolute atomic E-state index is 0.118. The second kappa shape index (κ2) is 5.65. The van der Waals surface area contributed by atoms with Crippen LogP contribution in [0.5, 0.6) is 0 Å². The first-order chi connectivity index (χ1) is 8.24. The topological polar surface area (TPSA) is 50.1 Å². The first kappa shape index (κ1) is 12.6. The first-order valence-corrected chi connectivity index (χ1v) is 6.54. The molecular weight excluding hydrogens is 214 g/mol. The summed E-state index contributed by atoms with van der Waals surface area (Å²) >= 11 is 0. The average Bonchev–Trinajstić information content (AvgIpc) is 2.76. The largest absolute Gasteiger partial charge is 0.396 e. The molecule has 2 rings (SSSR count). The molecule has 0 aromatic carbocycles. The van der Waals surface area contributed by atoms with Crippen molar-refractivity contribution in [2.75, 3.05) is 13.2 Å². The van der Waals surface area contributed by atoms with Crippen LogP contribution in [-0.2, 0) is 13.6 Å². The molecule has 0 saturated heterocycles. The smallest absolute Gasteiger partial charge is 0.0762 e. The molecular formula is C13H23N3O. The SMILES string of the molecule is Cn1ccc(CNCC2(CO)CCCCC2)n1. The van der Waals surface area contributed by atoms with Gasteiger partial charge in [-0.3, -0.25) is 4.68 Å². The zero-order valence-electron chi connectivity index (χ0n) is 10.7. The van der Waals surface area contributed by atoms with Gasteiger partial charge in [0, 0.05) is 38.4 Å². The maximum Gasteiger partial charge on any atom is 0.0762 e. The van der Waals surface area contributed by atoms with Gasteiger partial charge < -0.3 is 10.4 Å². The Morgan fingerprint density at radius 1 is 1.41 bits per heavy atom. The summed E-state index contributed by atoms with van der Waals surface area (Å²) in [7, 11) is 1.93. The van der Waals surface area contributed by atoms with Gasteiger partial charge in [0.2, 0.25) is 0 Å². The van der Waals surface area contributed by atoms with E-state index >= 15 is 0 Å². The predicted octanol–water partition coefficient (Wildman–Crippen LogP) is 1.45. The Labute approximate surface area is 103 Å². The van der Waals surface area contributed by atoms with Crippen molar-refractivity contribution in [3.05, 3.63) is 18.0 Å². The Bertz CT molecular complexity index is 342. The van der Waals surface area contributed by atoms with Crippen molar-refractivity contribution in [2.24, 2.45) is 12.5 Å². The lowest BCUT2D eigenvalue weighted by Gasteiger charge is -2.35. The van der Waals surface area contributed by atoms with E-state index in [9.17, 15) is 5.11 Å². The first-order valence-electron chi connectivity index (χ1n) is 6.54. The summed E-state index contributed by atoms with van der Waals surface area (Å²) in [6, 6.07) is 2.03. The van der Waals surface area contributed by atoms with E-state index in [-0.39, 0.29) is 5.41 Å². The number of aliphatic hydroxyl groups excluding tert-OH is 1. The molecule has 1 aromatic heterocycles. The molecule has 17 heavy (non-hydrogen) atoms. The molecule has 1 saturated carbocycles. The molecule has 1 heterocycles. The van der Waals surface area contributed by atoms with E-state index in [1.807, 2.05) is 24.0 Å². The molecule has 1 fully saturated rings. The van der Waals surface area contributed by atoms with Gasteiger partial charge in [-0.15, -0.1) is 0 Å². The minimum atomic E-state index is 0.118. The quantitative estimate of drug-likeness (QED) is 0.815. The maximum atomic E-state index is 9.58. The van der Waals surface area contributed by atoms with Crippen molar-refractivity contribution in [3.8, 4) is 0 Å². The van der Waals surface area contributed by atoms with Crippen molar-refractivity contribution in [3.63, 3.8) is 0 Å². The zero-order chi connectivity index (χ0) is 12.1. The van der Waals surface area contributed by atoms with Crippen LogP contribution < -0.4 is 5.32 Å². The molecule has 4 heteroatoms. The van der Waals surface area contributed by atoms with Crippen molar-refractivity contribution in [1.29, 1.82) is 0 Å². The summed E-state index contributed by atoms with van der Waals surface area (Å²) < 4.78 is 1.82. The highest BCUT2D eigenvalue weighted by molar-refractivity contribution is 4.98. The van der Waals surface area contributed by atoms with Gasteiger partial charge >= 0.3 is 0 Å². The zero-order valence-corrected chi connectivity index (χ0v) is 10.7. The second-order valence-electron chi connectivity index (χ2n) is 5.30. The second-order valence-corrected chi connectivity index (χ2v) is 5.30.